The molecule has 8 heteroatoms. The van der Waals surface area contributed by atoms with E-state index < -0.39 is 29.9 Å². The Bertz CT molecular complexity index is 446. The van der Waals surface area contributed by atoms with E-state index in [1.807, 2.05) is 0 Å². The van der Waals surface area contributed by atoms with E-state index >= 15 is 0 Å². The van der Waals surface area contributed by atoms with E-state index in [2.05, 4.69) is 10.1 Å². The second-order valence-corrected chi connectivity index (χ2v) is 6.34. The Kier molecular flexibility index (Phi) is 6.80. The van der Waals surface area contributed by atoms with E-state index in [1.54, 1.807) is 20.8 Å². The van der Waals surface area contributed by atoms with Gasteiger partial charge in [-0.05, 0) is 33.6 Å². The van der Waals surface area contributed by atoms with Crippen LogP contribution in [0.4, 0.5) is 4.79 Å². The Hall–Kier alpha value is -1.83. The fourth-order valence-electron chi connectivity index (χ4n) is 2.26. The summed E-state index contributed by atoms with van der Waals surface area (Å²) in [4.78, 5) is 37.2. The summed E-state index contributed by atoms with van der Waals surface area (Å²) in [5.74, 6) is -0.864. The summed E-state index contributed by atoms with van der Waals surface area (Å²) in [5.41, 5.74) is -0.624. The number of hydrogen-bond donors (Lipinski definition) is 1. The minimum Gasteiger partial charge on any atom is -0.469 e. The van der Waals surface area contributed by atoms with Crippen molar-refractivity contribution in [3.63, 3.8) is 0 Å². The summed E-state index contributed by atoms with van der Waals surface area (Å²) in [6.45, 7) is 5.77. The lowest BCUT2D eigenvalue weighted by molar-refractivity contribution is -0.145. The van der Waals surface area contributed by atoms with E-state index in [4.69, 9.17) is 9.47 Å². The molecule has 0 aliphatic carbocycles. The van der Waals surface area contributed by atoms with Crippen LogP contribution in [0.15, 0.2) is 0 Å². The Morgan fingerprint density at radius 1 is 1.26 bits per heavy atom. The van der Waals surface area contributed by atoms with Gasteiger partial charge in [-0.3, -0.25) is 14.5 Å². The van der Waals surface area contributed by atoms with Crippen LogP contribution >= 0.6 is 0 Å². The summed E-state index contributed by atoms with van der Waals surface area (Å²) in [6.07, 6.45) is -0.156. The fraction of sp³-hybridized carbons (Fsp3) is 0.800. The second kappa shape index (κ2) is 8.14. The third-order valence-corrected chi connectivity index (χ3v) is 3.35. The van der Waals surface area contributed by atoms with Crippen LogP contribution in [0.3, 0.4) is 0 Å². The maximum Gasteiger partial charge on any atom is 0.410 e. The predicted octanol–water partition coefficient (Wildman–Crippen LogP) is 1.04. The molecule has 1 aliphatic rings. The van der Waals surface area contributed by atoms with Crippen molar-refractivity contribution in [1.29, 1.82) is 0 Å². The van der Waals surface area contributed by atoms with Crippen molar-refractivity contribution >= 4 is 18.0 Å². The lowest BCUT2D eigenvalue weighted by Crippen LogP contribution is -2.50. The predicted molar refractivity (Wildman–Crippen MR) is 81.5 cm³/mol. The molecule has 0 aromatic carbocycles. The molecule has 1 saturated heterocycles. The average Bonchev–Trinajstić information content (AvgIpc) is 2.94. The van der Waals surface area contributed by atoms with Crippen molar-refractivity contribution in [3.8, 4) is 0 Å². The third-order valence-electron chi connectivity index (χ3n) is 3.35. The van der Waals surface area contributed by atoms with Gasteiger partial charge >= 0.3 is 12.1 Å². The molecule has 0 radical (unpaired) electrons. The number of nitrogens with zero attached hydrogens (tertiary/aromatic N) is 1. The van der Waals surface area contributed by atoms with Gasteiger partial charge in [0.1, 0.15) is 17.9 Å². The van der Waals surface area contributed by atoms with Crippen LogP contribution in [0.1, 0.15) is 40.0 Å². The number of amides is 2. The molecule has 1 rings (SSSR count). The molecule has 1 heterocycles. The van der Waals surface area contributed by atoms with Crippen LogP contribution in [-0.4, -0.2) is 61.5 Å². The van der Waals surface area contributed by atoms with Crippen LogP contribution in [0, 0.1) is 0 Å². The molecular weight excluding hydrogens is 304 g/mol. The van der Waals surface area contributed by atoms with E-state index in [0.717, 1.165) is 0 Å². The number of ether oxygens (including phenoxy) is 3. The van der Waals surface area contributed by atoms with Gasteiger partial charge in [-0.2, -0.15) is 0 Å². The van der Waals surface area contributed by atoms with Crippen LogP contribution in [0.25, 0.3) is 0 Å². The first-order valence-electron chi connectivity index (χ1n) is 7.57. The van der Waals surface area contributed by atoms with E-state index in [0.29, 0.717) is 19.4 Å². The Labute approximate surface area is 136 Å². The number of methoxy groups -OCH3 is 2. The minimum atomic E-state index is -0.795. The molecule has 1 fully saturated rings. The van der Waals surface area contributed by atoms with Gasteiger partial charge in [-0.25, -0.2) is 4.79 Å². The van der Waals surface area contributed by atoms with Gasteiger partial charge in [0.2, 0.25) is 5.91 Å². The maximum absolute atomic E-state index is 12.4. The number of carbonyl (C=O) groups excluding carboxylic acids is 3. The fourth-order valence-corrected chi connectivity index (χ4v) is 2.26. The van der Waals surface area contributed by atoms with Gasteiger partial charge in [0, 0.05) is 13.7 Å². The molecule has 1 aliphatic heterocycles. The van der Waals surface area contributed by atoms with E-state index in [1.165, 1.54) is 19.1 Å². The summed E-state index contributed by atoms with van der Waals surface area (Å²) >= 11 is 0. The van der Waals surface area contributed by atoms with Crippen molar-refractivity contribution in [3.05, 3.63) is 0 Å². The molecule has 1 N–H and O–H groups in total. The van der Waals surface area contributed by atoms with Crippen LogP contribution in [0.5, 0.6) is 0 Å². The summed E-state index contributed by atoms with van der Waals surface area (Å²) in [6, 6.07) is -0.625. The molecule has 0 spiro atoms. The van der Waals surface area contributed by atoms with Crippen LogP contribution in [0.2, 0.25) is 0 Å². The molecule has 2 atom stereocenters. The highest BCUT2D eigenvalue weighted by Crippen LogP contribution is 2.21. The Balaban J connectivity index is 2.66. The molecule has 0 aromatic heterocycles. The molecule has 0 saturated carbocycles. The van der Waals surface area contributed by atoms with E-state index in [-0.39, 0.29) is 12.3 Å². The standard InChI is InChI=1S/C15H26N2O6/c1-15(2,3)23-14(20)17-8-6-7-10(17)13(19)16-11(21-4)9-12(18)22-5/h10-11H,6-9H2,1-5H3,(H,16,19)/t10-,11?/m0/s1. The SMILES string of the molecule is COC(=O)CC(NC(=O)[C@@H]1CCCN1C(=O)OC(C)(C)C)OC. The molecule has 8 nitrogen and oxygen atoms in total. The monoisotopic (exact) mass is 330 g/mol. The van der Waals surface area contributed by atoms with Crippen LogP contribution in [-0.2, 0) is 23.8 Å². The summed E-state index contributed by atoms with van der Waals surface area (Å²) in [7, 11) is 2.65. The summed E-state index contributed by atoms with van der Waals surface area (Å²) in [5, 5.41) is 2.61. The molecular formula is C15H26N2O6. The largest absolute Gasteiger partial charge is 0.469 e. The molecule has 1 unspecified atom stereocenters. The van der Waals surface area contributed by atoms with Gasteiger partial charge in [0.25, 0.3) is 0 Å². The highest BCUT2D eigenvalue weighted by molar-refractivity contribution is 5.86. The Morgan fingerprint density at radius 3 is 2.43 bits per heavy atom. The number of nitrogens with one attached hydrogen (secondary N) is 1. The van der Waals surface area contributed by atoms with Gasteiger partial charge in [0.05, 0.1) is 13.5 Å². The van der Waals surface area contributed by atoms with Crippen molar-refractivity contribution in [2.24, 2.45) is 0 Å². The second-order valence-electron chi connectivity index (χ2n) is 6.34. The van der Waals surface area contributed by atoms with Crippen molar-refractivity contribution in [1.82, 2.24) is 10.2 Å². The average molecular weight is 330 g/mol. The summed E-state index contributed by atoms with van der Waals surface area (Å²) < 4.78 is 14.9. The third kappa shape index (κ3) is 6.05. The van der Waals surface area contributed by atoms with Gasteiger partial charge in [0.15, 0.2) is 0 Å². The zero-order valence-electron chi connectivity index (χ0n) is 14.4. The minimum absolute atomic E-state index is 0.0993. The highest BCUT2D eigenvalue weighted by Gasteiger charge is 2.37. The topological polar surface area (TPSA) is 94.2 Å². The number of esters is 1. The van der Waals surface area contributed by atoms with E-state index in [9.17, 15) is 14.4 Å². The first-order valence-corrected chi connectivity index (χ1v) is 7.57. The first-order chi connectivity index (χ1) is 10.7. The lowest BCUT2D eigenvalue weighted by Gasteiger charge is -2.28. The molecule has 2 amide bonds. The Morgan fingerprint density at radius 2 is 1.91 bits per heavy atom. The van der Waals surface area contributed by atoms with Crippen molar-refractivity contribution in [2.75, 3.05) is 20.8 Å². The van der Waals surface area contributed by atoms with Gasteiger partial charge in [-0.1, -0.05) is 0 Å². The first kappa shape index (κ1) is 19.2. The van der Waals surface area contributed by atoms with Crippen molar-refractivity contribution in [2.45, 2.75) is 57.9 Å². The maximum atomic E-state index is 12.4. The lowest BCUT2D eigenvalue weighted by atomic mass is 10.2. The van der Waals surface area contributed by atoms with Crippen molar-refractivity contribution < 1.29 is 28.6 Å². The normalized spacial score (nSPS) is 19.2. The zero-order valence-corrected chi connectivity index (χ0v) is 14.4. The number of rotatable bonds is 5. The van der Waals surface area contributed by atoms with Crippen LogP contribution < -0.4 is 5.32 Å². The number of carbonyl (C=O) groups is 3. The molecule has 23 heavy (non-hydrogen) atoms. The number of likely N-dealkylation sites (tertiary alicyclic amines) is 1. The highest BCUT2D eigenvalue weighted by atomic mass is 16.6. The zero-order chi connectivity index (χ0) is 17.6. The molecule has 0 aromatic rings. The smallest absolute Gasteiger partial charge is 0.410 e. The molecule has 0 bridgehead atoms. The quantitative estimate of drug-likeness (QED) is 0.598. The number of hydrogen-bond acceptors (Lipinski definition) is 6. The molecule has 132 valence electrons. The van der Waals surface area contributed by atoms with Gasteiger partial charge < -0.3 is 19.5 Å². The van der Waals surface area contributed by atoms with Gasteiger partial charge in [-0.15, -0.1) is 0 Å².